The van der Waals surface area contributed by atoms with Crippen molar-refractivity contribution in [1.82, 2.24) is 15.2 Å². The summed E-state index contributed by atoms with van der Waals surface area (Å²) in [6.45, 7) is -0.100. The lowest BCUT2D eigenvalue weighted by atomic mass is 10.2. The fourth-order valence-corrected chi connectivity index (χ4v) is 2.98. The lowest BCUT2D eigenvalue weighted by Crippen LogP contribution is -2.47. The van der Waals surface area contributed by atoms with Crippen LogP contribution in [-0.2, 0) is 11.3 Å². The van der Waals surface area contributed by atoms with E-state index < -0.39 is 12.0 Å². The molecule has 1 heterocycles. The number of carbonyl (C=O) groups excluding carboxylic acids is 1. The van der Waals surface area contributed by atoms with E-state index in [2.05, 4.69) is 10.3 Å². The van der Waals surface area contributed by atoms with E-state index in [0.717, 1.165) is 37.0 Å². The number of carboxylic acid groups (broad SMARTS) is 1. The highest BCUT2D eigenvalue weighted by Crippen LogP contribution is 2.23. The number of urea groups is 1. The number of H-pyrrole nitrogens is 1. The SMILES string of the molecule is O=C(O)CN(C(=O)NCc1csc(=O)[nH]1)C1CCCC1. The van der Waals surface area contributed by atoms with Gasteiger partial charge in [0.15, 0.2) is 0 Å². The number of carboxylic acids is 1. The van der Waals surface area contributed by atoms with Crippen LogP contribution in [0.4, 0.5) is 4.79 Å². The largest absolute Gasteiger partial charge is 0.480 e. The second-order valence-electron chi connectivity index (χ2n) is 4.79. The van der Waals surface area contributed by atoms with Crippen LogP contribution < -0.4 is 10.2 Å². The third kappa shape index (κ3) is 3.83. The maximum atomic E-state index is 12.1. The highest BCUT2D eigenvalue weighted by molar-refractivity contribution is 7.07. The summed E-state index contributed by atoms with van der Waals surface area (Å²) in [5.74, 6) is -1.02. The Balaban J connectivity index is 1.94. The second kappa shape index (κ2) is 6.56. The van der Waals surface area contributed by atoms with Gasteiger partial charge in [-0.2, -0.15) is 0 Å². The molecule has 0 aromatic carbocycles. The smallest absolute Gasteiger partial charge is 0.323 e. The van der Waals surface area contributed by atoms with Crippen LogP contribution in [0.3, 0.4) is 0 Å². The molecule has 0 spiro atoms. The van der Waals surface area contributed by atoms with Crippen LogP contribution in [0.15, 0.2) is 10.2 Å². The molecule has 20 heavy (non-hydrogen) atoms. The standard InChI is InChI=1S/C12H17N3O4S/c16-10(17)6-15(9-3-1-2-4-9)11(18)13-5-8-7-20-12(19)14-8/h7,9H,1-6H2,(H,13,18)(H,14,19)(H,16,17). The third-order valence-electron chi connectivity index (χ3n) is 3.33. The third-order valence-corrected chi connectivity index (χ3v) is 4.05. The van der Waals surface area contributed by atoms with Gasteiger partial charge >= 0.3 is 16.9 Å². The van der Waals surface area contributed by atoms with Gasteiger partial charge in [-0.15, -0.1) is 0 Å². The molecule has 3 N–H and O–H groups in total. The summed E-state index contributed by atoms with van der Waals surface area (Å²) in [7, 11) is 0. The summed E-state index contributed by atoms with van der Waals surface area (Å²) in [5.41, 5.74) is 0.620. The Morgan fingerprint density at radius 1 is 1.45 bits per heavy atom. The van der Waals surface area contributed by atoms with Crippen molar-refractivity contribution >= 4 is 23.3 Å². The normalized spacial score (nSPS) is 15.2. The zero-order valence-corrected chi connectivity index (χ0v) is 11.7. The number of carbonyl (C=O) groups is 2. The van der Waals surface area contributed by atoms with E-state index >= 15 is 0 Å². The molecule has 7 nitrogen and oxygen atoms in total. The first-order valence-electron chi connectivity index (χ1n) is 6.49. The van der Waals surface area contributed by atoms with Gasteiger partial charge in [0.25, 0.3) is 0 Å². The van der Waals surface area contributed by atoms with E-state index in [0.29, 0.717) is 5.69 Å². The molecule has 8 heteroatoms. The molecule has 0 atom stereocenters. The van der Waals surface area contributed by atoms with Gasteiger partial charge in [-0.05, 0) is 12.8 Å². The van der Waals surface area contributed by atoms with Gasteiger partial charge in [0.1, 0.15) is 6.54 Å². The number of rotatable bonds is 5. The highest BCUT2D eigenvalue weighted by Gasteiger charge is 2.28. The summed E-state index contributed by atoms with van der Waals surface area (Å²) in [4.78, 5) is 37.8. The number of nitrogens with zero attached hydrogens (tertiary/aromatic N) is 1. The number of hydrogen-bond acceptors (Lipinski definition) is 4. The van der Waals surface area contributed by atoms with E-state index in [1.807, 2.05) is 0 Å². The quantitative estimate of drug-likeness (QED) is 0.754. The van der Waals surface area contributed by atoms with E-state index in [4.69, 9.17) is 5.11 Å². The lowest BCUT2D eigenvalue weighted by molar-refractivity contribution is -0.138. The molecule has 1 saturated carbocycles. The van der Waals surface area contributed by atoms with Crippen molar-refractivity contribution in [3.63, 3.8) is 0 Å². The highest BCUT2D eigenvalue weighted by atomic mass is 32.1. The molecule has 1 aliphatic carbocycles. The first-order chi connectivity index (χ1) is 9.56. The van der Waals surface area contributed by atoms with Gasteiger partial charge in [0, 0.05) is 17.1 Å². The minimum Gasteiger partial charge on any atom is -0.480 e. The molecule has 1 aliphatic rings. The summed E-state index contributed by atoms with van der Waals surface area (Å²) in [6, 6.07) is -0.404. The number of aromatic nitrogens is 1. The minimum absolute atomic E-state index is 0.00683. The lowest BCUT2D eigenvalue weighted by Gasteiger charge is -2.27. The molecular weight excluding hydrogens is 282 g/mol. The maximum absolute atomic E-state index is 12.1. The van der Waals surface area contributed by atoms with Gasteiger partial charge in [-0.25, -0.2) is 4.79 Å². The fraction of sp³-hybridized carbons (Fsp3) is 0.583. The van der Waals surface area contributed by atoms with Crippen molar-refractivity contribution in [3.8, 4) is 0 Å². The molecule has 0 aliphatic heterocycles. The first-order valence-corrected chi connectivity index (χ1v) is 7.37. The topological polar surface area (TPSA) is 102 Å². The molecule has 0 bridgehead atoms. The predicted molar refractivity (Wildman–Crippen MR) is 73.8 cm³/mol. The number of nitrogens with one attached hydrogen (secondary N) is 2. The number of amides is 2. The van der Waals surface area contributed by atoms with E-state index in [1.54, 1.807) is 5.38 Å². The van der Waals surface area contributed by atoms with Gasteiger partial charge in [-0.1, -0.05) is 24.2 Å². The fourth-order valence-electron chi connectivity index (χ4n) is 2.40. The maximum Gasteiger partial charge on any atom is 0.323 e. The zero-order valence-electron chi connectivity index (χ0n) is 10.9. The monoisotopic (exact) mass is 299 g/mol. The average molecular weight is 299 g/mol. The molecule has 1 fully saturated rings. The second-order valence-corrected chi connectivity index (χ2v) is 5.63. The van der Waals surface area contributed by atoms with Crippen LogP contribution in [0.5, 0.6) is 0 Å². The van der Waals surface area contributed by atoms with Gasteiger partial charge in [-0.3, -0.25) is 9.59 Å². The Kier molecular flexibility index (Phi) is 4.78. The van der Waals surface area contributed by atoms with E-state index in [9.17, 15) is 14.4 Å². The number of thiazole rings is 1. The van der Waals surface area contributed by atoms with Crippen LogP contribution in [0, 0.1) is 0 Å². The molecule has 1 aromatic heterocycles. The van der Waals surface area contributed by atoms with Crippen LogP contribution >= 0.6 is 11.3 Å². The van der Waals surface area contributed by atoms with Gasteiger partial charge in [0.05, 0.1) is 6.54 Å². The van der Waals surface area contributed by atoms with Crippen LogP contribution in [-0.4, -0.2) is 39.6 Å². The van der Waals surface area contributed by atoms with E-state index in [1.165, 1.54) is 4.90 Å². The Morgan fingerprint density at radius 3 is 2.70 bits per heavy atom. The summed E-state index contributed by atoms with van der Waals surface area (Å²) >= 11 is 1.03. The summed E-state index contributed by atoms with van der Waals surface area (Å²) < 4.78 is 0. The van der Waals surface area contributed by atoms with Crippen LogP contribution in [0.2, 0.25) is 0 Å². The Labute approximate surface area is 119 Å². The summed E-state index contributed by atoms with van der Waals surface area (Å²) in [6.07, 6.45) is 3.73. The zero-order chi connectivity index (χ0) is 14.5. The van der Waals surface area contributed by atoms with Crippen molar-refractivity contribution < 1.29 is 14.7 Å². The molecular formula is C12H17N3O4S. The minimum atomic E-state index is -1.02. The van der Waals surface area contributed by atoms with Crippen molar-refractivity contribution in [1.29, 1.82) is 0 Å². The number of aromatic amines is 1. The molecule has 0 unspecified atom stereocenters. The Hall–Kier alpha value is -1.83. The number of hydrogen-bond donors (Lipinski definition) is 3. The van der Waals surface area contributed by atoms with Crippen LogP contribution in [0.1, 0.15) is 31.4 Å². The van der Waals surface area contributed by atoms with E-state index in [-0.39, 0.29) is 24.0 Å². The molecule has 2 amide bonds. The van der Waals surface area contributed by atoms with Gasteiger partial charge < -0.3 is 20.3 Å². The van der Waals surface area contributed by atoms with Crippen molar-refractivity contribution in [2.24, 2.45) is 0 Å². The number of aliphatic carboxylic acids is 1. The molecule has 1 aromatic rings. The Morgan fingerprint density at radius 2 is 2.15 bits per heavy atom. The molecule has 0 radical (unpaired) electrons. The first kappa shape index (κ1) is 14.6. The molecule has 0 saturated heterocycles. The van der Waals surface area contributed by atoms with Gasteiger partial charge in [0.2, 0.25) is 0 Å². The van der Waals surface area contributed by atoms with Crippen molar-refractivity contribution in [3.05, 3.63) is 20.7 Å². The molecule has 2 rings (SSSR count). The Bertz CT molecular complexity index is 533. The summed E-state index contributed by atoms with van der Waals surface area (Å²) in [5, 5.41) is 13.2. The van der Waals surface area contributed by atoms with Crippen molar-refractivity contribution in [2.45, 2.75) is 38.3 Å². The molecule has 110 valence electrons. The average Bonchev–Trinajstić information content (AvgIpc) is 3.04. The van der Waals surface area contributed by atoms with Crippen molar-refractivity contribution in [2.75, 3.05) is 6.54 Å². The predicted octanol–water partition coefficient (Wildman–Crippen LogP) is 0.975. The van der Waals surface area contributed by atoms with Crippen LogP contribution in [0.25, 0.3) is 0 Å².